The summed E-state index contributed by atoms with van der Waals surface area (Å²) in [7, 11) is 0. The maximum atomic E-state index is 6.05. The predicted molar refractivity (Wildman–Crippen MR) is 79.7 cm³/mol. The third-order valence-corrected chi connectivity index (χ3v) is 3.93. The molecule has 1 aliphatic heterocycles. The normalized spacial score (nSPS) is 19.4. The van der Waals surface area contributed by atoms with Crippen LogP contribution < -0.4 is 10.1 Å². The molecule has 0 fully saturated rings. The SMILES string of the molecule is Cc1cnccc1CNC1c2ccccc2OC1(C)C. The van der Waals surface area contributed by atoms with Gasteiger partial charge < -0.3 is 10.1 Å². The van der Waals surface area contributed by atoms with Crippen LogP contribution in [0.2, 0.25) is 0 Å². The second-order valence-corrected chi connectivity index (χ2v) is 5.86. The molecule has 3 heteroatoms. The van der Waals surface area contributed by atoms with Crippen molar-refractivity contribution in [1.29, 1.82) is 0 Å². The summed E-state index contributed by atoms with van der Waals surface area (Å²) in [5.74, 6) is 0.987. The molecule has 0 amide bonds. The summed E-state index contributed by atoms with van der Waals surface area (Å²) in [6.07, 6.45) is 3.75. The van der Waals surface area contributed by atoms with Gasteiger partial charge in [-0.2, -0.15) is 0 Å². The van der Waals surface area contributed by atoms with Crippen molar-refractivity contribution >= 4 is 0 Å². The van der Waals surface area contributed by atoms with Gasteiger partial charge in [0.2, 0.25) is 0 Å². The van der Waals surface area contributed by atoms with Crippen molar-refractivity contribution < 1.29 is 4.74 Å². The predicted octanol–water partition coefficient (Wildman–Crippen LogP) is 3.39. The third-order valence-electron chi connectivity index (χ3n) is 3.93. The van der Waals surface area contributed by atoms with Gasteiger partial charge in [0.05, 0.1) is 6.04 Å². The quantitative estimate of drug-likeness (QED) is 0.926. The monoisotopic (exact) mass is 268 g/mol. The number of para-hydroxylation sites is 1. The number of hydrogen-bond acceptors (Lipinski definition) is 3. The number of benzene rings is 1. The molecule has 0 saturated heterocycles. The molecule has 2 aromatic rings. The largest absolute Gasteiger partial charge is 0.486 e. The van der Waals surface area contributed by atoms with Crippen LogP contribution in [0.25, 0.3) is 0 Å². The van der Waals surface area contributed by atoms with Gasteiger partial charge in [-0.05, 0) is 44.0 Å². The molecule has 0 radical (unpaired) electrons. The summed E-state index contributed by atoms with van der Waals surface area (Å²) in [6, 6.07) is 10.5. The van der Waals surface area contributed by atoms with Crippen molar-refractivity contribution in [2.45, 2.75) is 39.0 Å². The summed E-state index contributed by atoms with van der Waals surface area (Å²) < 4.78 is 6.05. The van der Waals surface area contributed by atoms with E-state index < -0.39 is 0 Å². The van der Waals surface area contributed by atoms with Crippen LogP contribution in [0.5, 0.6) is 5.75 Å². The zero-order chi connectivity index (χ0) is 14.2. The fourth-order valence-corrected chi connectivity index (χ4v) is 2.80. The van der Waals surface area contributed by atoms with Crippen LogP contribution in [0.4, 0.5) is 0 Å². The standard InChI is InChI=1S/C17H20N2O/c1-12-10-18-9-8-13(12)11-19-16-14-6-4-5-7-15(14)20-17(16,2)3/h4-10,16,19H,11H2,1-3H3. The van der Waals surface area contributed by atoms with Gasteiger partial charge in [-0.15, -0.1) is 0 Å². The smallest absolute Gasteiger partial charge is 0.125 e. The van der Waals surface area contributed by atoms with Gasteiger partial charge in [-0.3, -0.25) is 4.98 Å². The number of hydrogen-bond donors (Lipinski definition) is 1. The number of pyridine rings is 1. The van der Waals surface area contributed by atoms with E-state index in [0.29, 0.717) is 0 Å². The molecular weight excluding hydrogens is 248 g/mol. The molecule has 3 nitrogen and oxygen atoms in total. The van der Waals surface area contributed by atoms with Crippen LogP contribution in [0, 0.1) is 6.92 Å². The Kier molecular flexibility index (Phi) is 3.22. The molecule has 20 heavy (non-hydrogen) atoms. The summed E-state index contributed by atoms with van der Waals surface area (Å²) in [5, 5.41) is 3.63. The summed E-state index contributed by atoms with van der Waals surface area (Å²) in [5.41, 5.74) is 3.50. The minimum atomic E-state index is -0.232. The van der Waals surface area contributed by atoms with E-state index >= 15 is 0 Å². The van der Waals surface area contributed by atoms with Crippen molar-refractivity contribution in [2.75, 3.05) is 0 Å². The highest BCUT2D eigenvalue weighted by Crippen LogP contribution is 2.42. The molecule has 0 saturated carbocycles. The van der Waals surface area contributed by atoms with Gasteiger partial charge in [0, 0.05) is 24.5 Å². The minimum absolute atomic E-state index is 0.200. The Morgan fingerprint density at radius 3 is 2.85 bits per heavy atom. The van der Waals surface area contributed by atoms with E-state index in [4.69, 9.17) is 4.74 Å². The fourth-order valence-electron chi connectivity index (χ4n) is 2.80. The molecular formula is C17H20N2O. The summed E-state index contributed by atoms with van der Waals surface area (Å²) in [4.78, 5) is 4.14. The second-order valence-electron chi connectivity index (χ2n) is 5.86. The second kappa shape index (κ2) is 4.91. The molecule has 1 aromatic carbocycles. The lowest BCUT2D eigenvalue weighted by atomic mass is 9.94. The highest BCUT2D eigenvalue weighted by Gasteiger charge is 2.40. The molecule has 1 N–H and O–H groups in total. The van der Waals surface area contributed by atoms with E-state index in [1.54, 1.807) is 0 Å². The molecule has 1 unspecified atom stereocenters. The van der Waals surface area contributed by atoms with E-state index in [9.17, 15) is 0 Å². The molecule has 0 spiro atoms. The molecule has 3 rings (SSSR count). The number of aryl methyl sites for hydroxylation is 1. The lowest BCUT2D eigenvalue weighted by Crippen LogP contribution is -2.38. The van der Waals surface area contributed by atoms with E-state index in [1.165, 1.54) is 16.7 Å². The van der Waals surface area contributed by atoms with Crippen molar-refractivity contribution in [3.05, 3.63) is 59.4 Å². The highest BCUT2D eigenvalue weighted by molar-refractivity contribution is 5.42. The molecule has 2 heterocycles. The van der Waals surface area contributed by atoms with Crippen LogP contribution in [0.15, 0.2) is 42.7 Å². The van der Waals surface area contributed by atoms with Gasteiger partial charge >= 0.3 is 0 Å². The maximum absolute atomic E-state index is 6.05. The molecule has 1 aliphatic rings. The van der Waals surface area contributed by atoms with Gasteiger partial charge in [0.15, 0.2) is 0 Å². The first-order valence-corrected chi connectivity index (χ1v) is 6.99. The Bertz CT molecular complexity index is 622. The van der Waals surface area contributed by atoms with Gasteiger partial charge in [-0.25, -0.2) is 0 Å². The molecule has 1 aromatic heterocycles. The van der Waals surface area contributed by atoms with Crippen LogP contribution in [0.3, 0.4) is 0 Å². The Labute approximate surface area is 120 Å². The van der Waals surface area contributed by atoms with Gasteiger partial charge in [-0.1, -0.05) is 18.2 Å². The Morgan fingerprint density at radius 2 is 2.05 bits per heavy atom. The average Bonchev–Trinajstić information content (AvgIpc) is 2.68. The minimum Gasteiger partial charge on any atom is -0.486 e. The van der Waals surface area contributed by atoms with Crippen molar-refractivity contribution in [1.82, 2.24) is 10.3 Å². The van der Waals surface area contributed by atoms with Crippen LogP contribution in [-0.2, 0) is 6.54 Å². The van der Waals surface area contributed by atoms with Crippen molar-refractivity contribution in [3.63, 3.8) is 0 Å². The number of rotatable bonds is 3. The summed E-state index contributed by atoms with van der Waals surface area (Å²) in [6.45, 7) is 7.17. The molecule has 0 aliphatic carbocycles. The first kappa shape index (κ1) is 13.1. The fraction of sp³-hybridized carbons (Fsp3) is 0.353. The molecule has 0 bridgehead atoms. The Balaban J connectivity index is 1.82. The lowest BCUT2D eigenvalue weighted by molar-refractivity contribution is 0.0958. The Morgan fingerprint density at radius 1 is 1.25 bits per heavy atom. The van der Waals surface area contributed by atoms with Crippen LogP contribution in [-0.4, -0.2) is 10.6 Å². The van der Waals surface area contributed by atoms with Crippen LogP contribution in [0.1, 0.15) is 36.6 Å². The van der Waals surface area contributed by atoms with Crippen LogP contribution >= 0.6 is 0 Å². The molecule has 1 atom stereocenters. The average molecular weight is 268 g/mol. The number of aromatic nitrogens is 1. The number of ether oxygens (including phenoxy) is 1. The zero-order valence-corrected chi connectivity index (χ0v) is 12.2. The molecule has 104 valence electrons. The van der Waals surface area contributed by atoms with E-state index in [-0.39, 0.29) is 11.6 Å². The van der Waals surface area contributed by atoms with Crippen molar-refractivity contribution in [3.8, 4) is 5.75 Å². The number of fused-ring (bicyclic) bond motifs is 1. The highest BCUT2D eigenvalue weighted by atomic mass is 16.5. The third kappa shape index (κ3) is 2.29. The van der Waals surface area contributed by atoms with E-state index in [2.05, 4.69) is 49.3 Å². The van der Waals surface area contributed by atoms with E-state index in [1.807, 2.05) is 24.5 Å². The Hall–Kier alpha value is -1.87. The van der Waals surface area contributed by atoms with Gasteiger partial charge in [0.25, 0.3) is 0 Å². The summed E-state index contributed by atoms with van der Waals surface area (Å²) >= 11 is 0. The topological polar surface area (TPSA) is 34.2 Å². The van der Waals surface area contributed by atoms with E-state index in [0.717, 1.165) is 12.3 Å². The van der Waals surface area contributed by atoms with Gasteiger partial charge in [0.1, 0.15) is 11.4 Å². The number of nitrogens with zero attached hydrogens (tertiary/aromatic N) is 1. The first-order chi connectivity index (χ1) is 9.58. The number of nitrogens with one attached hydrogen (secondary N) is 1. The first-order valence-electron chi connectivity index (χ1n) is 6.99. The lowest BCUT2D eigenvalue weighted by Gasteiger charge is -2.27. The van der Waals surface area contributed by atoms with Crippen molar-refractivity contribution in [2.24, 2.45) is 0 Å². The zero-order valence-electron chi connectivity index (χ0n) is 12.2. The maximum Gasteiger partial charge on any atom is 0.125 e.